The summed E-state index contributed by atoms with van der Waals surface area (Å²) in [7, 11) is 1.79. The summed E-state index contributed by atoms with van der Waals surface area (Å²) in [6.45, 7) is 10.2. The number of nitrogens with one attached hydrogen (secondary N) is 2. The minimum absolute atomic E-state index is 0.203. The van der Waals surface area contributed by atoms with Crippen molar-refractivity contribution in [2.45, 2.75) is 65.2 Å². The summed E-state index contributed by atoms with van der Waals surface area (Å²) in [5, 5.41) is 6.73. The van der Waals surface area contributed by atoms with Crippen LogP contribution >= 0.6 is 0 Å². The second kappa shape index (κ2) is 12.6. The summed E-state index contributed by atoms with van der Waals surface area (Å²) in [4.78, 5) is 4.31. The maximum absolute atomic E-state index is 6.09. The van der Waals surface area contributed by atoms with Gasteiger partial charge in [-0.05, 0) is 51.2 Å². The lowest BCUT2D eigenvalue weighted by atomic mass is 10.1. The quantitative estimate of drug-likeness (QED) is 0.363. The molecule has 1 aromatic carbocycles. The molecule has 6 heteroatoms. The van der Waals surface area contributed by atoms with Gasteiger partial charge in [0.15, 0.2) is 5.96 Å². The van der Waals surface area contributed by atoms with E-state index < -0.39 is 0 Å². The lowest BCUT2D eigenvalue weighted by molar-refractivity contribution is -0.0320. The third kappa shape index (κ3) is 8.07. The van der Waals surface area contributed by atoms with Crippen LogP contribution in [0.25, 0.3) is 0 Å². The van der Waals surface area contributed by atoms with E-state index in [4.69, 9.17) is 14.2 Å². The minimum atomic E-state index is 0.203. The number of rotatable bonds is 10. The number of hydrogen-bond acceptors (Lipinski definition) is 4. The lowest BCUT2D eigenvalue weighted by Gasteiger charge is -2.22. The molecule has 6 nitrogen and oxygen atoms in total. The van der Waals surface area contributed by atoms with E-state index in [0.29, 0.717) is 12.6 Å². The molecule has 158 valence electrons. The molecule has 0 aliphatic carbocycles. The highest BCUT2D eigenvalue weighted by atomic mass is 16.5. The summed E-state index contributed by atoms with van der Waals surface area (Å²) < 4.78 is 17.3. The molecule has 0 aromatic heterocycles. The van der Waals surface area contributed by atoms with Crippen molar-refractivity contribution >= 4 is 5.96 Å². The number of guanidine groups is 1. The van der Waals surface area contributed by atoms with Crippen molar-refractivity contribution in [3.05, 3.63) is 29.3 Å². The summed E-state index contributed by atoms with van der Waals surface area (Å²) >= 11 is 0. The number of benzene rings is 1. The zero-order valence-electron chi connectivity index (χ0n) is 17.9. The molecule has 2 rings (SSSR count). The first kappa shape index (κ1) is 22.5. The van der Waals surface area contributed by atoms with Crippen molar-refractivity contribution in [3.63, 3.8) is 0 Å². The second-order valence-electron chi connectivity index (χ2n) is 7.34. The number of aliphatic imine (C=N–C) groups is 1. The maximum atomic E-state index is 6.09. The van der Waals surface area contributed by atoms with Gasteiger partial charge in [-0.1, -0.05) is 19.1 Å². The molecular formula is C22H37N3O3. The Morgan fingerprint density at radius 3 is 2.79 bits per heavy atom. The van der Waals surface area contributed by atoms with Gasteiger partial charge >= 0.3 is 0 Å². The molecule has 0 bridgehead atoms. The van der Waals surface area contributed by atoms with Gasteiger partial charge in [0, 0.05) is 45.5 Å². The standard InChI is InChI=1S/C22H37N3O3/c1-5-18(3)28-21-15-17(2)7-8-19(21)16-25-22(23-4)24-11-6-12-27-20-9-13-26-14-10-20/h7-8,15,18,20H,5-6,9-14,16H2,1-4H3,(H2,23,24,25). The fourth-order valence-corrected chi connectivity index (χ4v) is 2.99. The second-order valence-corrected chi connectivity index (χ2v) is 7.34. The molecule has 0 saturated carbocycles. The van der Waals surface area contributed by atoms with Gasteiger partial charge in [-0.3, -0.25) is 4.99 Å². The third-order valence-electron chi connectivity index (χ3n) is 4.93. The van der Waals surface area contributed by atoms with Crippen molar-refractivity contribution in [1.29, 1.82) is 0 Å². The van der Waals surface area contributed by atoms with Gasteiger partial charge in [0.05, 0.1) is 12.2 Å². The number of nitrogens with zero attached hydrogens (tertiary/aromatic N) is 1. The molecule has 1 aromatic rings. The highest BCUT2D eigenvalue weighted by Crippen LogP contribution is 2.22. The Labute approximate surface area is 170 Å². The van der Waals surface area contributed by atoms with Crippen LogP contribution in [-0.2, 0) is 16.0 Å². The van der Waals surface area contributed by atoms with E-state index in [9.17, 15) is 0 Å². The molecule has 0 radical (unpaired) electrons. The van der Waals surface area contributed by atoms with E-state index in [-0.39, 0.29) is 6.10 Å². The predicted octanol–water partition coefficient (Wildman–Crippen LogP) is 3.42. The fourth-order valence-electron chi connectivity index (χ4n) is 2.99. The van der Waals surface area contributed by atoms with Crippen LogP contribution in [0, 0.1) is 6.92 Å². The van der Waals surface area contributed by atoms with Crippen molar-refractivity contribution in [1.82, 2.24) is 10.6 Å². The molecular weight excluding hydrogens is 354 g/mol. The van der Waals surface area contributed by atoms with Gasteiger partial charge in [0.1, 0.15) is 5.75 Å². The van der Waals surface area contributed by atoms with Gasteiger partial charge in [-0.15, -0.1) is 0 Å². The van der Waals surface area contributed by atoms with Crippen LogP contribution in [0.2, 0.25) is 0 Å². The molecule has 1 aliphatic heterocycles. The monoisotopic (exact) mass is 391 g/mol. The Morgan fingerprint density at radius 2 is 2.07 bits per heavy atom. The fraction of sp³-hybridized carbons (Fsp3) is 0.682. The zero-order valence-corrected chi connectivity index (χ0v) is 17.9. The van der Waals surface area contributed by atoms with Crippen molar-refractivity contribution in [2.24, 2.45) is 4.99 Å². The van der Waals surface area contributed by atoms with Crippen LogP contribution in [0.5, 0.6) is 5.75 Å². The largest absolute Gasteiger partial charge is 0.490 e. The average molecular weight is 392 g/mol. The average Bonchev–Trinajstić information content (AvgIpc) is 2.71. The molecule has 1 atom stereocenters. The zero-order chi connectivity index (χ0) is 20.2. The van der Waals surface area contributed by atoms with E-state index >= 15 is 0 Å². The first-order chi connectivity index (χ1) is 13.6. The molecule has 0 amide bonds. The Kier molecular flexibility index (Phi) is 10.1. The molecule has 1 unspecified atom stereocenters. The topological polar surface area (TPSA) is 64.1 Å². The van der Waals surface area contributed by atoms with Gasteiger partial charge in [-0.25, -0.2) is 0 Å². The van der Waals surface area contributed by atoms with E-state index in [1.54, 1.807) is 7.05 Å². The highest BCUT2D eigenvalue weighted by Gasteiger charge is 2.13. The maximum Gasteiger partial charge on any atom is 0.191 e. The van der Waals surface area contributed by atoms with Gasteiger partial charge in [0.25, 0.3) is 0 Å². The van der Waals surface area contributed by atoms with Crippen LogP contribution in [0.15, 0.2) is 23.2 Å². The van der Waals surface area contributed by atoms with Crippen LogP contribution in [0.1, 0.15) is 50.7 Å². The Bertz CT molecular complexity index is 601. The molecule has 1 fully saturated rings. The smallest absolute Gasteiger partial charge is 0.191 e. The molecule has 0 spiro atoms. The number of aryl methyl sites for hydroxylation is 1. The Morgan fingerprint density at radius 1 is 1.29 bits per heavy atom. The highest BCUT2D eigenvalue weighted by molar-refractivity contribution is 5.79. The van der Waals surface area contributed by atoms with Crippen LogP contribution < -0.4 is 15.4 Å². The third-order valence-corrected chi connectivity index (χ3v) is 4.93. The summed E-state index contributed by atoms with van der Waals surface area (Å²) in [6.07, 6.45) is 4.51. The van der Waals surface area contributed by atoms with E-state index in [2.05, 4.69) is 54.6 Å². The van der Waals surface area contributed by atoms with Crippen molar-refractivity contribution in [2.75, 3.05) is 33.4 Å². The van der Waals surface area contributed by atoms with Gasteiger partial charge in [0.2, 0.25) is 0 Å². The Balaban J connectivity index is 1.72. The summed E-state index contributed by atoms with van der Waals surface area (Å²) in [5.74, 6) is 1.74. The van der Waals surface area contributed by atoms with E-state index in [1.165, 1.54) is 5.56 Å². The first-order valence-corrected chi connectivity index (χ1v) is 10.5. The molecule has 1 heterocycles. The van der Waals surface area contributed by atoms with E-state index in [0.717, 1.165) is 69.3 Å². The van der Waals surface area contributed by atoms with Crippen molar-refractivity contribution < 1.29 is 14.2 Å². The Hall–Kier alpha value is -1.79. The number of hydrogen-bond donors (Lipinski definition) is 2. The van der Waals surface area contributed by atoms with Crippen LogP contribution in [0.4, 0.5) is 0 Å². The molecule has 28 heavy (non-hydrogen) atoms. The normalized spacial score (nSPS) is 16.6. The summed E-state index contributed by atoms with van der Waals surface area (Å²) in [6, 6.07) is 6.34. The minimum Gasteiger partial charge on any atom is -0.490 e. The lowest BCUT2D eigenvalue weighted by Crippen LogP contribution is -2.37. The van der Waals surface area contributed by atoms with Gasteiger partial charge < -0.3 is 24.8 Å². The molecule has 2 N–H and O–H groups in total. The van der Waals surface area contributed by atoms with Crippen LogP contribution in [-0.4, -0.2) is 51.6 Å². The summed E-state index contributed by atoms with van der Waals surface area (Å²) in [5.41, 5.74) is 2.34. The first-order valence-electron chi connectivity index (χ1n) is 10.5. The SMILES string of the molecule is CCC(C)Oc1cc(C)ccc1CNC(=NC)NCCCOC1CCOCC1. The number of ether oxygens (including phenoxy) is 3. The van der Waals surface area contributed by atoms with E-state index in [1.807, 2.05) is 0 Å². The molecule has 1 saturated heterocycles. The predicted molar refractivity (Wildman–Crippen MR) is 114 cm³/mol. The van der Waals surface area contributed by atoms with Crippen LogP contribution in [0.3, 0.4) is 0 Å². The van der Waals surface area contributed by atoms with Crippen molar-refractivity contribution in [3.8, 4) is 5.75 Å². The van der Waals surface area contributed by atoms with Gasteiger partial charge in [-0.2, -0.15) is 0 Å². The molecule has 1 aliphatic rings.